The Morgan fingerprint density at radius 1 is 1.39 bits per heavy atom. The van der Waals surface area contributed by atoms with Crippen molar-refractivity contribution in [2.45, 2.75) is 52.0 Å². The van der Waals surface area contributed by atoms with Crippen molar-refractivity contribution in [1.29, 1.82) is 0 Å². The maximum atomic E-state index is 11.8. The van der Waals surface area contributed by atoms with Crippen LogP contribution in [0.5, 0.6) is 0 Å². The zero-order valence-electron chi connectivity index (χ0n) is 11.3. The lowest BCUT2D eigenvalue weighted by Gasteiger charge is -2.21. The number of rotatable bonds is 5. The molecule has 2 heteroatoms. The van der Waals surface area contributed by atoms with E-state index in [4.69, 9.17) is 0 Å². The minimum absolute atomic E-state index is 0.296. The molecule has 3 atom stereocenters. The summed E-state index contributed by atoms with van der Waals surface area (Å²) in [5, 5.41) is 0. The second kappa shape index (κ2) is 4.91. The zero-order chi connectivity index (χ0) is 12.5. The summed E-state index contributed by atoms with van der Waals surface area (Å²) in [6.45, 7) is 3.19. The molecule has 2 bridgehead atoms. The van der Waals surface area contributed by atoms with Crippen LogP contribution in [0.3, 0.4) is 0 Å². The van der Waals surface area contributed by atoms with Gasteiger partial charge in [-0.2, -0.15) is 0 Å². The van der Waals surface area contributed by atoms with Gasteiger partial charge in [-0.15, -0.1) is 0 Å². The fourth-order valence-electron chi connectivity index (χ4n) is 3.96. The lowest BCUT2D eigenvalue weighted by molar-refractivity contribution is 0.0981. The quantitative estimate of drug-likeness (QED) is 0.721. The summed E-state index contributed by atoms with van der Waals surface area (Å²) in [4.78, 5) is 11.8. The summed E-state index contributed by atoms with van der Waals surface area (Å²) >= 11 is 0. The minimum atomic E-state index is 0.296. The molecule has 3 rings (SSSR count). The molecule has 0 radical (unpaired) electrons. The maximum Gasteiger partial charge on any atom is 0.164 e. The van der Waals surface area contributed by atoms with E-state index in [2.05, 4.69) is 23.9 Å². The number of aromatic nitrogens is 1. The topological polar surface area (TPSA) is 22.0 Å². The molecule has 98 valence electrons. The summed E-state index contributed by atoms with van der Waals surface area (Å²) in [6.07, 6.45) is 11.6. The summed E-state index contributed by atoms with van der Waals surface area (Å²) < 4.78 is 2.24. The average Bonchev–Trinajstić information content (AvgIpc) is 3.04. The monoisotopic (exact) mass is 245 g/mol. The lowest BCUT2D eigenvalue weighted by atomic mass is 9.89. The standard InChI is InChI=1S/C16H23NO/c1-2-3-16(18)14-6-7-17(10-14)11-15-9-12-4-5-13(15)8-12/h6-7,10,12-13,15H,2-5,8-9,11H2,1H3. The Morgan fingerprint density at radius 3 is 2.94 bits per heavy atom. The predicted octanol–water partition coefficient (Wildman–Crippen LogP) is 3.91. The number of hydrogen-bond acceptors (Lipinski definition) is 1. The fraction of sp³-hybridized carbons (Fsp3) is 0.688. The first-order valence-corrected chi connectivity index (χ1v) is 7.45. The number of nitrogens with zero attached hydrogens (tertiary/aromatic N) is 1. The molecule has 3 unspecified atom stereocenters. The number of fused-ring (bicyclic) bond motifs is 2. The first kappa shape index (κ1) is 12.0. The Kier molecular flexibility index (Phi) is 3.27. The van der Waals surface area contributed by atoms with Gasteiger partial charge in [0.2, 0.25) is 0 Å². The molecule has 0 N–H and O–H groups in total. The lowest BCUT2D eigenvalue weighted by Crippen LogP contribution is -2.16. The van der Waals surface area contributed by atoms with Crippen LogP contribution in [-0.2, 0) is 6.54 Å². The van der Waals surface area contributed by atoms with Crippen LogP contribution in [0.4, 0.5) is 0 Å². The van der Waals surface area contributed by atoms with E-state index in [1.54, 1.807) is 0 Å². The zero-order valence-corrected chi connectivity index (χ0v) is 11.3. The molecular formula is C16H23NO. The molecular weight excluding hydrogens is 222 g/mol. The van der Waals surface area contributed by atoms with Crippen molar-refractivity contribution in [3.8, 4) is 0 Å². The molecule has 2 nitrogen and oxygen atoms in total. The Hall–Kier alpha value is -1.05. The molecule has 2 aliphatic carbocycles. The van der Waals surface area contributed by atoms with Crippen molar-refractivity contribution in [1.82, 2.24) is 4.57 Å². The summed E-state index contributed by atoms with van der Waals surface area (Å²) in [5.74, 6) is 3.14. The van der Waals surface area contributed by atoms with Crippen LogP contribution in [0.1, 0.15) is 55.8 Å². The molecule has 0 aromatic carbocycles. The van der Waals surface area contributed by atoms with Crippen LogP contribution in [0.15, 0.2) is 18.5 Å². The van der Waals surface area contributed by atoms with Crippen molar-refractivity contribution >= 4 is 5.78 Å². The molecule has 0 saturated heterocycles. The average molecular weight is 245 g/mol. The molecule has 2 aliphatic rings. The molecule has 0 amide bonds. The molecule has 0 aliphatic heterocycles. The molecule has 2 fully saturated rings. The number of carbonyl (C=O) groups excluding carboxylic acids is 1. The Morgan fingerprint density at radius 2 is 2.28 bits per heavy atom. The van der Waals surface area contributed by atoms with Crippen molar-refractivity contribution in [3.05, 3.63) is 24.0 Å². The summed E-state index contributed by atoms with van der Waals surface area (Å²) in [6, 6.07) is 1.99. The van der Waals surface area contributed by atoms with Crippen LogP contribution < -0.4 is 0 Å². The van der Waals surface area contributed by atoms with E-state index >= 15 is 0 Å². The van der Waals surface area contributed by atoms with Crippen molar-refractivity contribution in [3.63, 3.8) is 0 Å². The minimum Gasteiger partial charge on any atom is -0.353 e. The summed E-state index contributed by atoms with van der Waals surface area (Å²) in [5.41, 5.74) is 0.903. The van der Waals surface area contributed by atoms with E-state index in [0.29, 0.717) is 12.2 Å². The van der Waals surface area contributed by atoms with Gasteiger partial charge in [-0.05, 0) is 49.5 Å². The highest BCUT2D eigenvalue weighted by Gasteiger charge is 2.39. The third-order valence-corrected chi connectivity index (χ3v) is 4.88. The number of hydrogen-bond donors (Lipinski definition) is 0. The van der Waals surface area contributed by atoms with Gasteiger partial charge in [0.05, 0.1) is 0 Å². The van der Waals surface area contributed by atoms with Gasteiger partial charge in [-0.3, -0.25) is 4.79 Å². The number of Topliss-reactive ketones (excluding diaryl/α,β-unsaturated/α-hetero) is 1. The number of ketones is 1. The van der Waals surface area contributed by atoms with Gasteiger partial charge in [-0.1, -0.05) is 13.3 Å². The van der Waals surface area contributed by atoms with Gasteiger partial charge < -0.3 is 4.57 Å². The molecule has 1 aromatic heterocycles. The van der Waals surface area contributed by atoms with Crippen molar-refractivity contribution < 1.29 is 4.79 Å². The van der Waals surface area contributed by atoms with Gasteiger partial charge in [0, 0.05) is 30.9 Å². The van der Waals surface area contributed by atoms with E-state index in [-0.39, 0.29) is 0 Å². The van der Waals surface area contributed by atoms with E-state index < -0.39 is 0 Å². The number of carbonyl (C=O) groups is 1. The van der Waals surface area contributed by atoms with E-state index in [1.807, 2.05) is 6.07 Å². The van der Waals surface area contributed by atoms with Crippen molar-refractivity contribution in [2.75, 3.05) is 0 Å². The largest absolute Gasteiger partial charge is 0.353 e. The first-order chi connectivity index (χ1) is 8.76. The predicted molar refractivity (Wildman–Crippen MR) is 72.6 cm³/mol. The molecule has 0 spiro atoms. The Labute approximate surface area is 109 Å². The van der Waals surface area contributed by atoms with E-state index in [0.717, 1.165) is 36.3 Å². The van der Waals surface area contributed by atoms with Gasteiger partial charge in [0.15, 0.2) is 5.78 Å². The second-order valence-corrected chi connectivity index (χ2v) is 6.21. The van der Waals surface area contributed by atoms with Crippen LogP contribution in [0.2, 0.25) is 0 Å². The second-order valence-electron chi connectivity index (χ2n) is 6.21. The molecule has 2 saturated carbocycles. The van der Waals surface area contributed by atoms with Crippen molar-refractivity contribution in [2.24, 2.45) is 17.8 Å². The van der Waals surface area contributed by atoms with Crippen LogP contribution >= 0.6 is 0 Å². The SMILES string of the molecule is CCCC(=O)c1ccn(CC2CC3CCC2C3)c1. The van der Waals surface area contributed by atoms with Crippen LogP contribution in [0, 0.1) is 17.8 Å². The van der Waals surface area contributed by atoms with E-state index in [1.165, 1.54) is 25.7 Å². The van der Waals surface area contributed by atoms with Gasteiger partial charge in [-0.25, -0.2) is 0 Å². The maximum absolute atomic E-state index is 11.8. The first-order valence-electron chi connectivity index (χ1n) is 7.45. The Balaban J connectivity index is 1.62. The van der Waals surface area contributed by atoms with Gasteiger partial charge >= 0.3 is 0 Å². The molecule has 18 heavy (non-hydrogen) atoms. The van der Waals surface area contributed by atoms with Crippen LogP contribution in [0.25, 0.3) is 0 Å². The highest BCUT2D eigenvalue weighted by molar-refractivity contribution is 5.95. The fourth-order valence-corrected chi connectivity index (χ4v) is 3.96. The normalized spacial score (nSPS) is 29.9. The molecule has 1 heterocycles. The van der Waals surface area contributed by atoms with Gasteiger partial charge in [0.1, 0.15) is 0 Å². The third-order valence-electron chi connectivity index (χ3n) is 4.88. The molecule has 1 aromatic rings. The Bertz CT molecular complexity index is 434. The van der Waals surface area contributed by atoms with E-state index in [9.17, 15) is 4.79 Å². The highest BCUT2D eigenvalue weighted by atomic mass is 16.1. The van der Waals surface area contributed by atoms with Crippen LogP contribution in [-0.4, -0.2) is 10.4 Å². The van der Waals surface area contributed by atoms with Gasteiger partial charge in [0.25, 0.3) is 0 Å². The highest BCUT2D eigenvalue weighted by Crippen LogP contribution is 2.48. The third kappa shape index (κ3) is 2.25. The summed E-state index contributed by atoms with van der Waals surface area (Å²) in [7, 11) is 0. The smallest absolute Gasteiger partial charge is 0.164 e.